The second kappa shape index (κ2) is 8.49. The van der Waals surface area contributed by atoms with Crippen LogP contribution in [0.1, 0.15) is 32.6 Å². The number of carbonyl (C=O) groups is 1. The first kappa shape index (κ1) is 17.3. The Labute approximate surface area is 120 Å². The van der Waals surface area contributed by atoms with Gasteiger partial charge in [-0.2, -0.15) is 0 Å². The van der Waals surface area contributed by atoms with Crippen molar-refractivity contribution < 1.29 is 27.1 Å². The van der Waals surface area contributed by atoms with Crippen molar-refractivity contribution in [2.24, 2.45) is 0 Å². The van der Waals surface area contributed by atoms with E-state index in [9.17, 15) is 22.4 Å². The van der Waals surface area contributed by atoms with Gasteiger partial charge in [0.1, 0.15) is 5.69 Å². The smallest absolute Gasteiger partial charge is 0.305 e. The lowest BCUT2D eigenvalue weighted by atomic mass is 10.2. The average molecular weight is 307 g/mol. The van der Waals surface area contributed by atoms with Crippen molar-refractivity contribution >= 4 is 11.7 Å². The highest BCUT2D eigenvalue weighted by Crippen LogP contribution is 2.24. The highest BCUT2D eigenvalue weighted by atomic mass is 19.2. The zero-order valence-electron chi connectivity index (χ0n) is 11.6. The lowest BCUT2D eigenvalue weighted by Crippen LogP contribution is -2.09. The topological polar surface area (TPSA) is 38.3 Å². The highest BCUT2D eigenvalue weighted by molar-refractivity contribution is 5.69. The molecular weight excluding hydrogens is 290 g/mol. The summed E-state index contributed by atoms with van der Waals surface area (Å²) in [6.45, 7) is 2.17. The summed E-state index contributed by atoms with van der Waals surface area (Å²) in [5, 5.41) is 2.33. The molecule has 3 nitrogen and oxygen atoms in total. The van der Waals surface area contributed by atoms with E-state index in [-0.39, 0.29) is 25.0 Å². The second-order valence-corrected chi connectivity index (χ2v) is 4.39. The minimum absolute atomic E-state index is 0.138. The van der Waals surface area contributed by atoms with Crippen molar-refractivity contribution in [2.45, 2.75) is 32.6 Å². The minimum atomic E-state index is -1.45. The van der Waals surface area contributed by atoms with Crippen LogP contribution in [0.5, 0.6) is 0 Å². The summed E-state index contributed by atoms with van der Waals surface area (Å²) in [5.74, 6) is -6.08. The van der Waals surface area contributed by atoms with E-state index in [4.69, 9.17) is 4.74 Å². The molecular formula is C14H17F4NO2. The first-order valence-electron chi connectivity index (χ1n) is 6.69. The molecule has 1 aromatic carbocycles. The molecule has 7 heteroatoms. The van der Waals surface area contributed by atoms with E-state index in [1.165, 1.54) is 0 Å². The van der Waals surface area contributed by atoms with Crippen molar-refractivity contribution in [2.75, 3.05) is 18.5 Å². The van der Waals surface area contributed by atoms with E-state index in [1.54, 1.807) is 6.92 Å². The van der Waals surface area contributed by atoms with Crippen LogP contribution in [0.25, 0.3) is 0 Å². The van der Waals surface area contributed by atoms with Gasteiger partial charge in [0.05, 0.1) is 6.61 Å². The Kier molecular flexibility index (Phi) is 6.98. The lowest BCUT2D eigenvalue weighted by molar-refractivity contribution is -0.143. The van der Waals surface area contributed by atoms with Crippen LogP contribution >= 0.6 is 0 Å². The molecule has 0 aromatic heterocycles. The van der Waals surface area contributed by atoms with Gasteiger partial charge in [0, 0.05) is 19.0 Å². The first-order valence-corrected chi connectivity index (χ1v) is 6.69. The molecule has 21 heavy (non-hydrogen) atoms. The number of halogens is 4. The number of unbranched alkanes of at least 4 members (excludes halogenated alkanes) is 2. The molecule has 0 amide bonds. The average Bonchev–Trinajstić information content (AvgIpc) is 2.44. The third-order valence-electron chi connectivity index (χ3n) is 2.78. The SMILES string of the molecule is CCOC(=O)CCCCCNc1c(F)c(F)cc(F)c1F. The zero-order valence-corrected chi connectivity index (χ0v) is 11.6. The van der Waals surface area contributed by atoms with Gasteiger partial charge in [-0.1, -0.05) is 6.42 Å². The fourth-order valence-electron chi connectivity index (χ4n) is 1.75. The summed E-state index contributed by atoms with van der Waals surface area (Å²) in [6.07, 6.45) is 1.96. The number of rotatable bonds is 8. The van der Waals surface area contributed by atoms with Gasteiger partial charge in [-0.05, 0) is 19.8 Å². The quantitative estimate of drug-likeness (QED) is 0.344. The summed E-state index contributed by atoms with van der Waals surface area (Å²) in [6, 6.07) is 0.162. The van der Waals surface area contributed by atoms with Crippen molar-refractivity contribution in [3.63, 3.8) is 0 Å². The molecule has 0 bridgehead atoms. The van der Waals surface area contributed by atoms with Crippen LogP contribution in [0.4, 0.5) is 23.2 Å². The number of hydrogen-bond acceptors (Lipinski definition) is 3. The molecule has 0 aliphatic heterocycles. The zero-order chi connectivity index (χ0) is 15.8. The standard InChI is InChI=1S/C14H17F4NO2/c1-2-21-11(20)6-4-3-5-7-19-14-12(17)9(15)8-10(16)13(14)18/h8,19H,2-7H2,1H3. The Morgan fingerprint density at radius 1 is 1.10 bits per heavy atom. The maximum Gasteiger partial charge on any atom is 0.305 e. The van der Waals surface area contributed by atoms with Gasteiger partial charge < -0.3 is 10.1 Å². The van der Waals surface area contributed by atoms with E-state index in [1.807, 2.05) is 0 Å². The molecule has 0 atom stereocenters. The number of ether oxygens (including phenoxy) is 1. The highest BCUT2D eigenvalue weighted by Gasteiger charge is 2.18. The Balaban J connectivity index is 2.35. The van der Waals surface area contributed by atoms with Gasteiger partial charge in [0.25, 0.3) is 0 Å². The van der Waals surface area contributed by atoms with Crippen molar-refractivity contribution in [3.05, 3.63) is 29.3 Å². The number of nitrogens with one attached hydrogen (secondary N) is 1. The molecule has 1 N–H and O–H groups in total. The van der Waals surface area contributed by atoms with Crippen LogP contribution in [-0.4, -0.2) is 19.1 Å². The monoisotopic (exact) mass is 307 g/mol. The molecule has 118 valence electrons. The fraction of sp³-hybridized carbons (Fsp3) is 0.500. The molecule has 0 unspecified atom stereocenters. The summed E-state index contributed by atoms with van der Waals surface area (Å²) in [7, 11) is 0. The van der Waals surface area contributed by atoms with Gasteiger partial charge in [0.2, 0.25) is 0 Å². The summed E-state index contributed by atoms with van der Waals surface area (Å²) >= 11 is 0. The number of esters is 1. The fourth-order valence-corrected chi connectivity index (χ4v) is 1.75. The van der Waals surface area contributed by atoms with Gasteiger partial charge in [-0.25, -0.2) is 17.6 Å². The molecule has 0 saturated heterocycles. The summed E-state index contributed by atoms with van der Waals surface area (Å²) < 4.78 is 57.2. The molecule has 0 radical (unpaired) electrons. The Bertz CT molecular complexity index is 468. The Morgan fingerprint density at radius 3 is 2.29 bits per heavy atom. The third-order valence-corrected chi connectivity index (χ3v) is 2.78. The van der Waals surface area contributed by atoms with Crippen LogP contribution in [0.2, 0.25) is 0 Å². The van der Waals surface area contributed by atoms with Crippen LogP contribution in [0.15, 0.2) is 6.07 Å². The molecule has 0 saturated carbocycles. The number of anilines is 1. The van der Waals surface area contributed by atoms with Crippen LogP contribution < -0.4 is 5.32 Å². The maximum atomic E-state index is 13.3. The third kappa shape index (κ3) is 5.24. The molecule has 0 spiro atoms. The molecule has 0 aliphatic carbocycles. The molecule has 0 aliphatic rings. The number of carbonyl (C=O) groups excluding carboxylic acids is 1. The van der Waals surface area contributed by atoms with Gasteiger partial charge in [-0.15, -0.1) is 0 Å². The van der Waals surface area contributed by atoms with E-state index >= 15 is 0 Å². The van der Waals surface area contributed by atoms with Crippen LogP contribution in [-0.2, 0) is 9.53 Å². The van der Waals surface area contributed by atoms with Crippen molar-refractivity contribution in [1.29, 1.82) is 0 Å². The van der Waals surface area contributed by atoms with E-state index < -0.39 is 29.0 Å². The van der Waals surface area contributed by atoms with E-state index in [2.05, 4.69) is 5.32 Å². The molecule has 0 fully saturated rings. The Hall–Kier alpha value is -1.79. The largest absolute Gasteiger partial charge is 0.466 e. The van der Waals surface area contributed by atoms with Gasteiger partial charge in [-0.3, -0.25) is 4.79 Å². The van der Waals surface area contributed by atoms with Crippen LogP contribution in [0, 0.1) is 23.3 Å². The van der Waals surface area contributed by atoms with Gasteiger partial charge >= 0.3 is 5.97 Å². The van der Waals surface area contributed by atoms with Crippen molar-refractivity contribution in [1.82, 2.24) is 0 Å². The van der Waals surface area contributed by atoms with Crippen molar-refractivity contribution in [3.8, 4) is 0 Å². The second-order valence-electron chi connectivity index (χ2n) is 4.39. The molecule has 1 rings (SSSR count). The number of benzene rings is 1. The normalized spacial score (nSPS) is 10.5. The summed E-state index contributed by atoms with van der Waals surface area (Å²) in [5.41, 5.74) is -0.808. The Morgan fingerprint density at radius 2 is 1.71 bits per heavy atom. The first-order chi connectivity index (χ1) is 9.97. The van der Waals surface area contributed by atoms with E-state index in [0.717, 1.165) is 0 Å². The maximum absolute atomic E-state index is 13.3. The van der Waals surface area contributed by atoms with Gasteiger partial charge in [0.15, 0.2) is 23.3 Å². The minimum Gasteiger partial charge on any atom is -0.466 e. The predicted molar refractivity (Wildman–Crippen MR) is 69.9 cm³/mol. The van der Waals surface area contributed by atoms with Crippen LogP contribution in [0.3, 0.4) is 0 Å². The van der Waals surface area contributed by atoms with E-state index in [0.29, 0.717) is 25.9 Å². The number of hydrogen-bond donors (Lipinski definition) is 1. The summed E-state index contributed by atoms with van der Waals surface area (Å²) in [4.78, 5) is 11.0. The lowest BCUT2D eigenvalue weighted by Gasteiger charge is -2.09. The molecule has 0 heterocycles. The predicted octanol–water partition coefficient (Wildman–Crippen LogP) is 3.78. The molecule has 1 aromatic rings.